The molecule has 0 atom stereocenters. The van der Waals surface area contributed by atoms with Crippen LogP contribution in [-0.2, 0) is 38.9 Å². The lowest BCUT2D eigenvalue weighted by Crippen LogP contribution is -2.04. The number of benzene rings is 4. The van der Waals surface area contributed by atoms with Crippen LogP contribution in [0.15, 0.2) is 72.8 Å². The van der Waals surface area contributed by atoms with Crippen LogP contribution in [0.3, 0.4) is 0 Å². The molecule has 4 rings (SSSR count). The van der Waals surface area contributed by atoms with E-state index in [1.807, 2.05) is 0 Å². The molecule has 0 aliphatic heterocycles. The molecule has 0 saturated carbocycles. The smallest absolute Gasteiger partial charge is 0.335 e. The first-order valence-electron chi connectivity index (χ1n) is 15.1. The van der Waals surface area contributed by atoms with Gasteiger partial charge in [-0.15, -0.1) is 0 Å². The molecular formula is C36H40F4O10. The largest absolute Gasteiger partial charge is 0.478 e. The minimum absolute atomic E-state index is 0.0313. The number of carboxylic acid groups (broad SMARTS) is 2. The number of aromatic carboxylic acids is 2. The van der Waals surface area contributed by atoms with Crippen molar-refractivity contribution in [3.63, 3.8) is 0 Å². The SMILES string of the molecule is O=C(O)c1ccc(F)c(CCO)c1.O=C(O)c1ccc(F)cc1CCO.OCCc1cc(CO)ccc1F.OCCc1cc(F)ccc1CO. The molecule has 272 valence electrons. The summed E-state index contributed by atoms with van der Waals surface area (Å²) in [6.07, 6.45) is 0.958. The van der Waals surface area contributed by atoms with Gasteiger partial charge in [0.2, 0.25) is 0 Å². The Balaban J connectivity index is 0.000000334. The van der Waals surface area contributed by atoms with Gasteiger partial charge in [0.15, 0.2) is 0 Å². The van der Waals surface area contributed by atoms with Gasteiger partial charge in [0.1, 0.15) is 23.3 Å². The first-order chi connectivity index (χ1) is 23.8. The second-order valence-corrected chi connectivity index (χ2v) is 10.3. The van der Waals surface area contributed by atoms with Crippen molar-refractivity contribution >= 4 is 11.9 Å². The highest BCUT2D eigenvalue weighted by Gasteiger charge is 2.10. The van der Waals surface area contributed by atoms with E-state index in [1.165, 1.54) is 48.5 Å². The lowest BCUT2D eigenvalue weighted by Gasteiger charge is -2.04. The van der Waals surface area contributed by atoms with E-state index in [2.05, 4.69) is 0 Å². The van der Waals surface area contributed by atoms with E-state index in [1.54, 1.807) is 6.07 Å². The third kappa shape index (κ3) is 15.2. The maximum absolute atomic E-state index is 12.9. The highest BCUT2D eigenvalue weighted by molar-refractivity contribution is 5.89. The Hall–Kier alpha value is -4.70. The topological polar surface area (TPSA) is 196 Å². The number of aliphatic hydroxyl groups is 6. The number of aliphatic hydroxyl groups excluding tert-OH is 6. The van der Waals surface area contributed by atoms with Crippen LogP contribution < -0.4 is 0 Å². The summed E-state index contributed by atoms with van der Waals surface area (Å²) >= 11 is 0. The molecule has 0 bridgehead atoms. The normalized spacial score (nSPS) is 10.1. The lowest BCUT2D eigenvalue weighted by molar-refractivity contribution is 0.0685. The minimum Gasteiger partial charge on any atom is -0.478 e. The average Bonchev–Trinajstić information content (AvgIpc) is 3.08. The summed E-state index contributed by atoms with van der Waals surface area (Å²) in [4.78, 5) is 21.1. The summed E-state index contributed by atoms with van der Waals surface area (Å²) < 4.78 is 51.1. The molecule has 0 aliphatic rings. The van der Waals surface area contributed by atoms with E-state index in [4.69, 9.17) is 40.9 Å². The second-order valence-electron chi connectivity index (χ2n) is 10.3. The maximum Gasteiger partial charge on any atom is 0.335 e. The Morgan fingerprint density at radius 1 is 0.460 bits per heavy atom. The number of hydrogen-bond donors (Lipinski definition) is 8. The van der Waals surface area contributed by atoms with Crippen molar-refractivity contribution in [1.82, 2.24) is 0 Å². The summed E-state index contributed by atoms with van der Waals surface area (Å²) in [6.45, 7) is -0.708. The monoisotopic (exact) mass is 708 g/mol. The Bertz CT molecular complexity index is 1650. The van der Waals surface area contributed by atoms with E-state index in [-0.39, 0.29) is 80.8 Å². The standard InChI is InChI=1S/2C9H9FO3.2C9H11FO2/c10-7-1-2-8(9(12)13)6(5-7)3-4-11;10-8-2-1-7(9(12)13)5-6(8)3-4-11;10-9-2-1-8(6-12)7(5-9)3-4-11;10-9-2-1-7(6-12)5-8(9)3-4-11/h2*1-2,5,11H,3-4H2,(H,12,13);2*1-2,5,11-12H,3-4,6H2. The van der Waals surface area contributed by atoms with E-state index < -0.39 is 23.6 Å². The van der Waals surface area contributed by atoms with E-state index in [9.17, 15) is 27.2 Å². The molecule has 14 heteroatoms. The molecule has 0 aliphatic carbocycles. The van der Waals surface area contributed by atoms with Gasteiger partial charge in [-0.1, -0.05) is 18.2 Å². The molecule has 0 fully saturated rings. The summed E-state index contributed by atoms with van der Waals surface area (Å²) in [7, 11) is 0. The van der Waals surface area contributed by atoms with Crippen LogP contribution >= 0.6 is 0 Å². The number of carbonyl (C=O) groups is 2. The molecule has 0 spiro atoms. The Morgan fingerprint density at radius 3 is 1.44 bits per heavy atom. The molecule has 0 unspecified atom stereocenters. The first kappa shape index (κ1) is 43.3. The van der Waals surface area contributed by atoms with Crippen molar-refractivity contribution in [3.8, 4) is 0 Å². The quantitative estimate of drug-likeness (QED) is 0.100. The average molecular weight is 709 g/mol. The molecular weight excluding hydrogens is 668 g/mol. The van der Waals surface area contributed by atoms with Crippen LogP contribution in [-0.4, -0.2) is 79.2 Å². The zero-order chi connectivity index (χ0) is 37.6. The van der Waals surface area contributed by atoms with E-state index in [0.29, 0.717) is 40.7 Å². The van der Waals surface area contributed by atoms with Crippen LogP contribution in [0.1, 0.15) is 54.1 Å². The molecule has 0 aromatic heterocycles. The Labute approximate surface area is 285 Å². The van der Waals surface area contributed by atoms with Gasteiger partial charge in [0.25, 0.3) is 0 Å². The van der Waals surface area contributed by atoms with E-state index in [0.717, 1.165) is 18.2 Å². The molecule has 4 aromatic rings. The van der Waals surface area contributed by atoms with Crippen molar-refractivity contribution in [2.75, 3.05) is 26.4 Å². The summed E-state index contributed by atoms with van der Waals surface area (Å²) in [6, 6.07) is 15.5. The van der Waals surface area contributed by atoms with Crippen molar-refractivity contribution in [2.24, 2.45) is 0 Å². The number of halogens is 4. The van der Waals surface area contributed by atoms with Crippen molar-refractivity contribution in [2.45, 2.75) is 38.9 Å². The van der Waals surface area contributed by atoms with Gasteiger partial charge >= 0.3 is 11.9 Å². The lowest BCUT2D eigenvalue weighted by atomic mass is 10.1. The van der Waals surface area contributed by atoms with Crippen molar-refractivity contribution in [1.29, 1.82) is 0 Å². The van der Waals surface area contributed by atoms with Gasteiger partial charge in [-0.25, -0.2) is 27.2 Å². The molecule has 50 heavy (non-hydrogen) atoms. The predicted molar refractivity (Wildman–Crippen MR) is 175 cm³/mol. The van der Waals surface area contributed by atoms with Gasteiger partial charge in [-0.3, -0.25) is 0 Å². The Kier molecular flexibility index (Phi) is 20.5. The number of rotatable bonds is 12. The zero-order valence-electron chi connectivity index (χ0n) is 26.9. The molecule has 0 saturated heterocycles. The highest BCUT2D eigenvalue weighted by Crippen LogP contribution is 2.14. The predicted octanol–water partition coefficient (Wildman–Crippen LogP) is 3.82. The fourth-order valence-corrected chi connectivity index (χ4v) is 4.26. The van der Waals surface area contributed by atoms with Gasteiger partial charge in [0, 0.05) is 26.4 Å². The molecule has 0 amide bonds. The molecule has 10 nitrogen and oxygen atoms in total. The van der Waals surface area contributed by atoms with Gasteiger partial charge in [-0.2, -0.15) is 0 Å². The third-order valence-corrected chi connectivity index (χ3v) is 6.75. The first-order valence-corrected chi connectivity index (χ1v) is 15.1. The van der Waals surface area contributed by atoms with Crippen LogP contribution in [0.5, 0.6) is 0 Å². The van der Waals surface area contributed by atoms with Crippen molar-refractivity contribution in [3.05, 3.63) is 141 Å². The van der Waals surface area contributed by atoms with Crippen LogP contribution in [0.4, 0.5) is 17.6 Å². The fourth-order valence-electron chi connectivity index (χ4n) is 4.26. The second kappa shape index (κ2) is 23.6. The summed E-state index contributed by atoms with van der Waals surface area (Å²) in [5.74, 6) is -3.85. The van der Waals surface area contributed by atoms with E-state index >= 15 is 0 Å². The van der Waals surface area contributed by atoms with Gasteiger partial charge < -0.3 is 40.9 Å². The number of carboxylic acids is 2. The summed E-state index contributed by atoms with van der Waals surface area (Å²) in [5.41, 5.74) is 3.06. The van der Waals surface area contributed by atoms with Crippen LogP contribution in [0.2, 0.25) is 0 Å². The van der Waals surface area contributed by atoms with Crippen LogP contribution in [0, 0.1) is 23.3 Å². The molecule has 4 aromatic carbocycles. The minimum atomic E-state index is -1.11. The molecule has 0 heterocycles. The van der Waals surface area contributed by atoms with Gasteiger partial charge in [0.05, 0.1) is 24.3 Å². The third-order valence-electron chi connectivity index (χ3n) is 6.75. The molecule has 0 radical (unpaired) electrons. The van der Waals surface area contributed by atoms with Crippen molar-refractivity contribution < 1.29 is 68.0 Å². The highest BCUT2D eigenvalue weighted by atomic mass is 19.1. The maximum atomic E-state index is 12.9. The Morgan fingerprint density at radius 2 is 0.940 bits per heavy atom. The molecule has 8 N–H and O–H groups in total. The van der Waals surface area contributed by atoms with Crippen LogP contribution in [0.25, 0.3) is 0 Å². The zero-order valence-corrected chi connectivity index (χ0v) is 26.9. The summed E-state index contributed by atoms with van der Waals surface area (Å²) in [5, 5.41) is 69.2. The number of hydrogen-bond acceptors (Lipinski definition) is 8. The van der Waals surface area contributed by atoms with Gasteiger partial charge in [-0.05, 0) is 114 Å². The fraction of sp³-hybridized carbons (Fsp3) is 0.278.